The van der Waals surface area contributed by atoms with Gasteiger partial charge in [0.25, 0.3) is 5.91 Å². The first-order valence-corrected chi connectivity index (χ1v) is 11.9. The number of furan rings is 1. The quantitative estimate of drug-likeness (QED) is 0.325. The normalized spacial score (nSPS) is 15.7. The first-order chi connectivity index (χ1) is 17.4. The highest BCUT2D eigenvalue weighted by molar-refractivity contribution is 6.20. The van der Waals surface area contributed by atoms with E-state index in [1.807, 2.05) is 24.3 Å². The maximum Gasteiger partial charge on any atom is 0.294 e. The molecule has 0 radical (unpaired) electrons. The summed E-state index contributed by atoms with van der Waals surface area (Å²) in [7, 11) is 0. The van der Waals surface area contributed by atoms with Gasteiger partial charge in [0, 0.05) is 29.9 Å². The second kappa shape index (κ2) is 9.26. The van der Waals surface area contributed by atoms with Gasteiger partial charge in [-0.15, -0.1) is 0 Å². The van der Waals surface area contributed by atoms with Crippen molar-refractivity contribution < 1.29 is 24.2 Å². The average Bonchev–Trinajstić information content (AvgIpc) is 3.44. The van der Waals surface area contributed by atoms with Crippen molar-refractivity contribution in [2.45, 2.75) is 19.9 Å². The highest BCUT2D eigenvalue weighted by atomic mass is 16.3. The number of para-hydroxylation sites is 1. The van der Waals surface area contributed by atoms with Crippen molar-refractivity contribution in [2.75, 3.05) is 22.9 Å². The van der Waals surface area contributed by atoms with Crippen LogP contribution < -0.4 is 9.80 Å². The van der Waals surface area contributed by atoms with Crippen molar-refractivity contribution in [2.24, 2.45) is 0 Å². The number of aliphatic hydroxyl groups excluding tert-OH is 1. The van der Waals surface area contributed by atoms with Gasteiger partial charge in [0.2, 0.25) is 5.78 Å². The molecule has 1 amide bonds. The molecule has 5 rings (SSSR count). The molecule has 1 atom stereocenters. The Labute approximate surface area is 208 Å². The lowest BCUT2D eigenvalue weighted by Crippen LogP contribution is -2.31. The van der Waals surface area contributed by atoms with Crippen LogP contribution in [0.5, 0.6) is 5.75 Å². The summed E-state index contributed by atoms with van der Waals surface area (Å²) in [5.74, 6) is -1.92. The lowest BCUT2D eigenvalue weighted by atomic mass is 9.94. The SMILES string of the molecule is CCN(CC)c1ccc(N2C(=O)C(O)=C(C(=O)c3cc4ccccc4o3)C2c2cccc(O)c2)cc1. The maximum atomic E-state index is 13.7. The summed E-state index contributed by atoms with van der Waals surface area (Å²) < 4.78 is 5.76. The number of ketones is 1. The minimum absolute atomic E-state index is 0.0151. The molecular weight excluding hydrogens is 456 g/mol. The van der Waals surface area contributed by atoms with Crippen molar-refractivity contribution in [1.82, 2.24) is 0 Å². The van der Waals surface area contributed by atoms with Gasteiger partial charge in [-0.25, -0.2) is 0 Å². The number of benzene rings is 3. The van der Waals surface area contributed by atoms with E-state index in [0.717, 1.165) is 24.2 Å². The third-order valence-corrected chi connectivity index (χ3v) is 6.54. The summed E-state index contributed by atoms with van der Waals surface area (Å²) in [6, 6.07) is 21.6. The number of rotatable bonds is 7. The molecule has 0 bridgehead atoms. The third kappa shape index (κ3) is 3.88. The average molecular weight is 483 g/mol. The van der Waals surface area contributed by atoms with E-state index < -0.39 is 23.5 Å². The fraction of sp³-hybridized carbons (Fsp3) is 0.172. The van der Waals surface area contributed by atoms with Crippen molar-refractivity contribution >= 4 is 34.0 Å². The maximum absolute atomic E-state index is 13.7. The number of hydrogen-bond donors (Lipinski definition) is 2. The predicted molar refractivity (Wildman–Crippen MR) is 139 cm³/mol. The number of carbonyl (C=O) groups is 2. The Bertz CT molecular complexity index is 1450. The number of carbonyl (C=O) groups excluding carboxylic acids is 2. The van der Waals surface area contributed by atoms with Crippen LogP contribution in [-0.4, -0.2) is 35.0 Å². The van der Waals surface area contributed by atoms with Crippen molar-refractivity contribution in [3.63, 3.8) is 0 Å². The molecule has 1 aromatic heterocycles. The van der Waals surface area contributed by atoms with Crippen LogP contribution >= 0.6 is 0 Å². The molecule has 2 heterocycles. The van der Waals surface area contributed by atoms with E-state index in [-0.39, 0.29) is 17.1 Å². The summed E-state index contributed by atoms with van der Waals surface area (Å²) in [6.07, 6.45) is 0. The van der Waals surface area contributed by atoms with Gasteiger partial charge < -0.3 is 19.5 Å². The lowest BCUT2D eigenvalue weighted by molar-refractivity contribution is -0.117. The minimum Gasteiger partial charge on any atom is -0.508 e. The standard InChI is InChI=1S/C29H26N2O5/c1-3-30(4-2)20-12-14-21(15-13-20)31-26(19-9-7-10-22(32)16-19)25(28(34)29(31)35)27(33)24-17-18-8-5-6-11-23(18)36-24/h5-17,26,32,34H,3-4H2,1-2H3. The number of fused-ring (bicyclic) bond motifs is 1. The molecule has 3 aromatic carbocycles. The zero-order valence-corrected chi connectivity index (χ0v) is 20.0. The molecule has 2 N–H and O–H groups in total. The van der Waals surface area contributed by atoms with Gasteiger partial charge in [-0.2, -0.15) is 0 Å². The smallest absolute Gasteiger partial charge is 0.294 e. The number of phenolic OH excluding ortho intramolecular Hbond substituents is 1. The van der Waals surface area contributed by atoms with Crippen molar-refractivity contribution in [1.29, 1.82) is 0 Å². The first-order valence-electron chi connectivity index (χ1n) is 11.9. The van der Waals surface area contributed by atoms with E-state index in [1.165, 1.54) is 17.0 Å². The monoisotopic (exact) mass is 482 g/mol. The van der Waals surface area contributed by atoms with Crippen LogP contribution in [0.4, 0.5) is 11.4 Å². The Morgan fingerprint density at radius 3 is 2.33 bits per heavy atom. The molecule has 0 saturated carbocycles. The second-order valence-electron chi connectivity index (χ2n) is 8.60. The number of hydrogen-bond acceptors (Lipinski definition) is 6. The van der Waals surface area contributed by atoms with Gasteiger partial charge in [-0.1, -0.05) is 30.3 Å². The van der Waals surface area contributed by atoms with E-state index in [4.69, 9.17) is 4.42 Å². The molecule has 4 aromatic rings. The molecule has 7 heteroatoms. The van der Waals surface area contributed by atoms with Crippen LogP contribution in [0.1, 0.15) is 36.0 Å². The molecule has 0 aliphatic carbocycles. The number of aromatic hydroxyl groups is 1. The van der Waals surface area contributed by atoms with Crippen LogP contribution in [0, 0.1) is 0 Å². The van der Waals surface area contributed by atoms with Gasteiger partial charge in [-0.05, 0) is 67.9 Å². The van der Waals surface area contributed by atoms with E-state index in [1.54, 1.807) is 42.5 Å². The fourth-order valence-corrected chi connectivity index (χ4v) is 4.75. The number of amides is 1. The predicted octanol–water partition coefficient (Wildman–Crippen LogP) is 5.77. The van der Waals surface area contributed by atoms with Crippen LogP contribution in [0.2, 0.25) is 0 Å². The van der Waals surface area contributed by atoms with Gasteiger partial charge in [-0.3, -0.25) is 14.5 Å². The first kappa shape index (κ1) is 23.2. The molecule has 0 spiro atoms. The zero-order chi connectivity index (χ0) is 25.4. The zero-order valence-electron chi connectivity index (χ0n) is 20.0. The summed E-state index contributed by atoms with van der Waals surface area (Å²) in [5, 5.41) is 21.9. The number of aliphatic hydroxyl groups is 1. The van der Waals surface area contributed by atoms with Crippen LogP contribution in [0.3, 0.4) is 0 Å². The minimum atomic E-state index is -0.954. The van der Waals surface area contributed by atoms with Crippen LogP contribution in [0.25, 0.3) is 11.0 Å². The molecule has 1 aliphatic heterocycles. The fourth-order valence-electron chi connectivity index (χ4n) is 4.75. The van der Waals surface area contributed by atoms with Crippen molar-refractivity contribution in [3.05, 3.63) is 102 Å². The Kier molecular flexibility index (Phi) is 5.98. The highest BCUT2D eigenvalue weighted by Crippen LogP contribution is 2.43. The molecule has 1 unspecified atom stereocenters. The summed E-state index contributed by atoms with van der Waals surface area (Å²) in [4.78, 5) is 30.6. The summed E-state index contributed by atoms with van der Waals surface area (Å²) in [6.45, 7) is 5.81. The van der Waals surface area contributed by atoms with E-state index >= 15 is 0 Å². The largest absolute Gasteiger partial charge is 0.508 e. The molecule has 36 heavy (non-hydrogen) atoms. The Morgan fingerprint density at radius 2 is 1.67 bits per heavy atom. The molecule has 182 valence electrons. The number of phenols is 1. The second-order valence-corrected chi connectivity index (χ2v) is 8.60. The molecule has 1 aliphatic rings. The van der Waals surface area contributed by atoms with E-state index in [0.29, 0.717) is 16.8 Å². The van der Waals surface area contributed by atoms with Crippen LogP contribution in [-0.2, 0) is 4.79 Å². The van der Waals surface area contributed by atoms with Crippen LogP contribution in [0.15, 0.2) is 94.6 Å². The van der Waals surface area contributed by atoms with Gasteiger partial charge in [0.05, 0.1) is 11.6 Å². The third-order valence-electron chi connectivity index (χ3n) is 6.54. The number of nitrogens with zero attached hydrogens (tertiary/aromatic N) is 2. The molecule has 7 nitrogen and oxygen atoms in total. The summed E-state index contributed by atoms with van der Waals surface area (Å²) >= 11 is 0. The van der Waals surface area contributed by atoms with E-state index in [2.05, 4.69) is 18.7 Å². The van der Waals surface area contributed by atoms with E-state index in [9.17, 15) is 19.8 Å². The van der Waals surface area contributed by atoms with Crippen molar-refractivity contribution in [3.8, 4) is 5.75 Å². The Hall–Kier alpha value is -4.52. The summed E-state index contributed by atoms with van der Waals surface area (Å²) in [5.41, 5.74) is 2.43. The highest BCUT2D eigenvalue weighted by Gasteiger charge is 2.45. The Balaban J connectivity index is 1.61. The number of anilines is 2. The molecule has 0 fully saturated rings. The molecule has 0 saturated heterocycles. The number of Topliss-reactive ketones (excluding diaryl/α,β-unsaturated/α-hetero) is 1. The van der Waals surface area contributed by atoms with Gasteiger partial charge >= 0.3 is 0 Å². The van der Waals surface area contributed by atoms with Gasteiger partial charge in [0.15, 0.2) is 11.5 Å². The van der Waals surface area contributed by atoms with Gasteiger partial charge in [0.1, 0.15) is 11.3 Å². The molecular formula is C29H26N2O5. The Morgan fingerprint density at radius 1 is 0.944 bits per heavy atom. The lowest BCUT2D eigenvalue weighted by Gasteiger charge is -2.28. The topological polar surface area (TPSA) is 94.2 Å².